The number of hydrogen-bond donors (Lipinski definition) is 1. The highest BCUT2D eigenvalue weighted by Gasteiger charge is 1.99. The summed E-state index contributed by atoms with van der Waals surface area (Å²) in [7, 11) is 0. The molecule has 0 radical (unpaired) electrons. The highest BCUT2D eigenvalue weighted by atomic mass is 16.5. The Morgan fingerprint density at radius 3 is 2.35 bits per heavy atom. The van der Waals surface area contributed by atoms with Crippen LogP contribution in [0, 0.1) is 11.3 Å². The van der Waals surface area contributed by atoms with E-state index >= 15 is 0 Å². The molecule has 0 aliphatic heterocycles. The summed E-state index contributed by atoms with van der Waals surface area (Å²) in [5.74, 6) is 0.625. The summed E-state index contributed by atoms with van der Waals surface area (Å²) >= 11 is 0. The second kappa shape index (κ2) is 6.39. The first-order valence-electron chi connectivity index (χ1n) is 6.17. The number of carbonyl (C=O) groups excluding carboxylic acids is 1. The number of nitrogens with zero attached hydrogens (tertiary/aromatic N) is 1. The summed E-state index contributed by atoms with van der Waals surface area (Å²) < 4.78 is 5.63. The van der Waals surface area contributed by atoms with Crippen LogP contribution in [0.15, 0.2) is 48.5 Å². The zero-order chi connectivity index (χ0) is 14.4. The highest BCUT2D eigenvalue weighted by molar-refractivity contribution is 5.88. The van der Waals surface area contributed by atoms with Crippen LogP contribution in [0.1, 0.15) is 18.1 Å². The lowest BCUT2D eigenvalue weighted by molar-refractivity contribution is -0.114. The second-order valence-corrected chi connectivity index (χ2v) is 4.30. The lowest BCUT2D eigenvalue weighted by atomic mass is 10.2. The predicted molar refractivity (Wildman–Crippen MR) is 76.2 cm³/mol. The van der Waals surface area contributed by atoms with Crippen molar-refractivity contribution in [3.05, 3.63) is 59.7 Å². The van der Waals surface area contributed by atoms with E-state index in [0.29, 0.717) is 12.2 Å². The summed E-state index contributed by atoms with van der Waals surface area (Å²) in [5.41, 5.74) is 2.37. The zero-order valence-corrected chi connectivity index (χ0v) is 11.1. The van der Waals surface area contributed by atoms with Crippen LogP contribution in [0.4, 0.5) is 5.69 Å². The Bertz CT molecular complexity index is 625. The van der Waals surface area contributed by atoms with E-state index < -0.39 is 0 Å². The van der Waals surface area contributed by atoms with Crippen LogP contribution in [-0.4, -0.2) is 5.91 Å². The number of benzene rings is 2. The fourth-order valence-corrected chi connectivity index (χ4v) is 1.68. The van der Waals surface area contributed by atoms with Gasteiger partial charge in [0.2, 0.25) is 5.91 Å². The van der Waals surface area contributed by atoms with E-state index in [-0.39, 0.29) is 5.91 Å². The lowest BCUT2D eigenvalue weighted by Crippen LogP contribution is -2.05. The number of nitrogens with one attached hydrogen (secondary N) is 1. The van der Waals surface area contributed by atoms with Crippen LogP contribution < -0.4 is 10.1 Å². The quantitative estimate of drug-likeness (QED) is 0.924. The van der Waals surface area contributed by atoms with Gasteiger partial charge in [0, 0.05) is 12.6 Å². The third-order valence-electron chi connectivity index (χ3n) is 2.66. The van der Waals surface area contributed by atoms with Crippen molar-refractivity contribution in [2.45, 2.75) is 13.5 Å². The standard InChI is InChI=1S/C16H14N2O2/c1-12(19)18-15-6-8-16(9-7-15)20-11-14-4-2-13(10-17)3-5-14/h2-9H,11H2,1H3,(H,18,19). The van der Waals surface area contributed by atoms with Crippen molar-refractivity contribution in [3.8, 4) is 11.8 Å². The molecule has 0 atom stereocenters. The van der Waals surface area contributed by atoms with E-state index in [1.165, 1.54) is 6.92 Å². The molecule has 100 valence electrons. The molecule has 2 aromatic carbocycles. The number of anilines is 1. The van der Waals surface area contributed by atoms with Crippen molar-refractivity contribution in [1.82, 2.24) is 0 Å². The van der Waals surface area contributed by atoms with Gasteiger partial charge in [-0.1, -0.05) is 12.1 Å². The molecule has 0 unspecified atom stereocenters. The van der Waals surface area contributed by atoms with Gasteiger partial charge in [-0.3, -0.25) is 4.79 Å². The molecule has 2 aromatic rings. The van der Waals surface area contributed by atoms with Crippen LogP contribution in [0.2, 0.25) is 0 Å². The Kier molecular flexibility index (Phi) is 4.35. The molecule has 4 nitrogen and oxygen atoms in total. The molecule has 0 saturated carbocycles. The van der Waals surface area contributed by atoms with Gasteiger partial charge in [-0.2, -0.15) is 5.26 Å². The minimum Gasteiger partial charge on any atom is -0.489 e. The number of rotatable bonds is 4. The molecule has 0 aliphatic carbocycles. The molecular formula is C16H14N2O2. The van der Waals surface area contributed by atoms with Crippen LogP contribution in [0.3, 0.4) is 0 Å². The van der Waals surface area contributed by atoms with Crippen molar-refractivity contribution < 1.29 is 9.53 Å². The van der Waals surface area contributed by atoms with Gasteiger partial charge < -0.3 is 10.1 Å². The van der Waals surface area contributed by atoms with Gasteiger partial charge >= 0.3 is 0 Å². The van der Waals surface area contributed by atoms with Crippen LogP contribution in [0.5, 0.6) is 5.75 Å². The molecule has 2 rings (SSSR count). The van der Waals surface area contributed by atoms with E-state index in [1.807, 2.05) is 12.1 Å². The molecule has 1 N–H and O–H groups in total. The maximum absolute atomic E-state index is 10.9. The Balaban J connectivity index is 1.93. The van der Waals surface area contributed by atoms with E-state index in [0.717, 1.165) is 17.0 Å². The van der Waals surface area contributed by atoms with Gasteiger partial charge in [0.1, 0.15) is 12.4 Å². The highest BCUT2D eigenvalue weighted by Crippen LogP contribution is 2.17. The summed E-state index contributed by atoms with van der Waals surface area (Å²) in [5, 5.41) is 11.4. The van der Waals surface area contributed by atoms with Crippen molar-refractivity contribution in [2.75, 3.05) is 5.32 Å². The molecule has 0 bridgehead atoms. The van der Waals surface area contributed by atoms with Gasteiger partial charge in [-0.05, 0) is 42.0 Å². The Morgan fingerprint density at radius 2 is 1.80 bits per heavy atom. The number of ether oxygens (including phenoxy) is 1. The average molecular weight is 266 g/mol. The summed E-state index contributed by atoms with van der Waals surface area (Å²) in [6, 6.07) is 16.5. The zero-order valence-electron chi connectivity index (χ0n) is 11.1. The first kappa shape index (κ1) is 13.6. The Labute approximate surface area is 117 Å². The maximum atomic E-state index is 10.9. The number of amides is 1. The lowest BCUT2D eigenvalue weighted by Gasteiger charge is -2.07. The molecule has 0 fully saturated rings. The fraction of sp³-hybridized carbons (Fsp3) is 0.125. The van der Waals surface area contributed by atoms with Gasteiger partial charge in [0.05, 0.1) is 11.6 Å². The van der Waals surface area contributed by atoms with Crippen molar-refractivity contribution in [2.24, 2.45) is 0 Å². The van der Waals surface area contributed by atoms with E-state index in [1.54, 1.807) is 36.4 Å². The number of hydrogen-bond acceptors (Lipinski definition) is 3. The summed E-state index contributed by atoms with van der Waals surface area (Å²) in [6.07, 6.45) is 0. The van der Waals surface area contributed by atoms with E-state index in [4.69, 9.17) is 10.00 Å². The van der Waals surface area contributed by atoms with Crippen LogP contribution >= 0.6 is 0 Å². The first-order valence-corrected chi connectivity index (χ1v) is 6.17. The minimum absolute atomic E-state index is 0.101. The third kappa shape index (κ3) is 3.85. The van der Waals surface area contributed by atoms with E-state index in [9.17, 15) is 4.79 Å². The van der Waals surface area contributed by atoms with Crippen molar-refractivity contribution in [3.63, 3.8) is 0 Å². The second-order valence-electron chi connectivity index (χ2n) is 4.30. The van der Waals surface area contributed by atoms with Crippen molar-refractivity contribution >= 4 is 11.6 Å². The SMILES string of the molecule is CC(=O)Nc1ccc(OCc2ccc(C#N)cc2)cc1. The topological polar surface area (TPSA) is 62.1 Å². The molecule has 0 heterocycles. The minimum atomic E-state index is -0.101. The monoisotopic (exact) mass is 266 g/mol. The molecule has 0 saturated heterocycles. The van der Waals surface area contributed by atoms with E-state index in [2.05, 4.69) is 11.4 Å². The number of nitriles is 1. The van der Waals surface area contributed by atoms with Gasteiger partial charge in [0.25, 0.3) is 0 Å². The predicted octanol–water partition coefficient (Wildman–Crippen LogP) is 3.10. The Hall–Kier alpha value is -2.80. The molecule has 1 amide bonds. The fourth-order valence-electron chi connectivity index (χ4n) is 1.68. The summed E-state index contributed by atoms with van der Waals surface area (Å²) in [4.78, 5) is 10.9. The van der Waals surface area contributed by atoms with Crippen molar-refractivity contribution in [1.29, 1.82) is 5.26 Å². The third-order valence-corrected chi connectivity index (χ3v) is 2.66. The maximum Gasteiger partial charge on any atom is 0.221 e. The largest absolute Gasteiger partial charge is 0.489 e. The van der Waals surface area contributed by atoms with Gasteiger partial charge in [-0.15, -0.1) is 0 Å². The van der Waals surface area contributed by atoms with Crippen LogP contribution in [0.25, 0.3) is 0 Å². The number of carbonyl (C=O) groups is 1. The van der Waals surface area contributed by atoms with Crippen LogP contribution in [-0.2, 0) is 11.4 Å². The molecule has 0 aromatic heterocycles. The molecule has 4 heteroatoms. The van der Waals surface area contributed by atoms with Gasteiger partial charge in [0.15, 0.2) is 0 Å². The average Bonchev–Trinajstić information content (AvgIpc) is 2.46. The molecule has 0 spiro atoms. The normalized spacial score (nSPS) is 9.60. The van der Waals surface area contributed by atoms with Gasteiger partial charge in [-0.25, -0.2) is 0 Å². The molecule has 0 aliphatic rings. The smallest absolute Gasteiger partial charge is 0.221 e. The summed E-state index contributed by atoms with van der Waals surface area (Å²) in [6.45, 7) is 1.90. The Morgan fingerprint density at radius 1 is 1.15 bits per heavy atom. The molecular weight excluding hydrogens is 252 g/mol. The molecule has 20 heavy (non-hydrogen) atoms. The first-order chi connectivity index (χ1) is 9.67.